The van der Waals surface area contributed by atoms with Crippen molar-refractivity contribution in [2.45, 2.75) is 12.8 Å². The van der Waals surface area contributed by atoms with Crippen molar-refractivity contribution in [1.82, 2.24) is 9.88 Å². The number of pyridine rings is 1. The topological polar surface area (TPSA) is 45.7 Å². The van der Waals surface area contributed by atoms with Crippen molar-refractivity contribution in [3.63, 3.8) is 0 Å². The lowest BCUT2D eigenvalue weighted by Gasteiger charge is -2.36. The maximum Gasteiger partial charge on any atom is 0.225 e. The molecule has 2 aromatic carbocycles. The first-order valence-corrected chi connectivity index (χ1v) is 10.3. The van der Waals surface area contributed by atoms with Crippen molar-refractivity contribution in [2.75, 3.05) is 38.2 Å². The van der Waals surface area contributed by atoms with E-state index in [1.54, 1.807) is 7.11 Å². The van der Waals surface area contributed by atoms with E-state index >= 15 is 0 Å². The largest absolute Gasteiger partial charge is 0.497 e. The van der Waals surface area contributed by atoms with Gasteiger partial charge in [0.2, 0.25) is 5.91 Å². The molecule has 1 aliphatic carbocycles. The summed E-state index contributed by atoms with van der Waals surface area (Å²) >= 11 is 0. The molecule has 0 bridgehead atoms. The normalized spacial score (nSPS) is 16.9. The summed E-state index contributed by atoms with van der Waals surface area (Å²) in [6.45, 7) is 3.23. The number of carbonyl (C=O) groups is 1. The number of hydrogen-bond donors (Lipinski definition) is 0. The molecule has 0 atom stereocenters. The van der Waals surface area contributed by atoms with Gasteiger partial charge in [-0.1, -0.05) is 36.4 Å². The fraction of sp³-hybridized carbons (Fsp3) is 0.333. The average Bonchev–Trinajstić information content (AvgIpc) is 3.64. The van der Waals surface area contributed by atoms with Crippen molar-refractivity contribution in [3.8, 4) is 16.9 Å². The molecule has 0 radical (unpaired) electrons. The molecule has 5 rings (SSSR count). The molecule has 2 fully saturated rings. The van der Waals surface area contributed by atoms with Gasteiger partial charge in [-0.3, -0.25) is 4.79 Å². The highest BCUT2D eigenvalue weighted by atomic mass is 16.5. The average molecular weight is 387 g/mol. The molecule has 5 nitrogen and oxygen atoms in total. The Morgan fingerprint density at radius 3 is 2.31 bits per heavy atom. The maximum absolute atomic E-state index is 12.3. The standard InChI is InChI=1S/C24H25N3O2/c1-29-19-10-8-17(9-11-19)22-16-25-23(21-5-3-2-4-20(21)22)26-12-14-27(15-13-26)24(28)18-6-7-18/h2-5,8-11,16,18H,6-7,12-15H2,1H3. The molecule has 148 valence electrons. The third kappa shape index (κ3) is 3.41. The van der Waals surface area contributed by atoms with E-state index in [2.05, 4.69) is 41.3 Å². The molecular weight excluding hydrogens is 362 g/mol. The van der Waals surface area contributed by atoms with Crippen LogP contribution in [-0.4, -0.2) is 49.1 Å². The summed E-state index contributed by atoms with van der Waals surface area (Å²) in [7, 11) is 1.68. The summed E-state index contributed by atoms with van der Waals surface area (Å²) in [4.78, 5) is 21.6. The lowest BCUT2D eigenvalue weighted by molar-refractivity contribution is -0.132. The summed E-state index contributed by atoms with van der Waals surface area (Å²) in [6.07, 6.45) is 4.11. The molecule has 1 amide bonds. The molecular formula is C24H25N3O2. The third-order valence-electron chi connectivity index (χ3n) is 5.99. The number of anilines is 1. The number of fused-ring (bicyclic) bond motifs is 1. The van der Waals surface area contributed by atoms with Gasteiger partial charge in [-0.05, 0) is 35.9 Å². The van der Waals surface area contributed by atoms with Crippen LogP contribution in [0.25, 0.3) is 21.9 Å². The highest BCUT2D eigenvalue weighted by Crippen LogP contribution is 2.35. The van der Waals surface area contributed by atoms with Gasteiger partial charge in [-0.15, -0.1) is 0 Å². The minimum absolute atomic E-state index is 0.296. The van der Waals surface area contributed by atoms with Crippen LogP contribution in [0.3, 0.4) is 0 Å². The van der Waals surface area contributed by atoms with E-state index in [1.807, 2.05) is 23.2 Å². The number of benzene rings is 2. The van der Waals surface area contributed by atoms with Crippen LogP contribution in [0.5, 0.6) is 5.75 Å². The van der Waals surface area contributed by atoms with Gasteiger partial charge in [0, 0.05) is 49.2 Å². The Hall–Kier alpha value is -3.08. The van der Waals surface area contributed by atoms with E-state index in [0.717, 1.165) is 67.1 Å². The van der Waals surface area contributed by atoms with Crippen molar-refractivity contribution in [3.05, 3.63) is 54.7 Å². The monoisotopic (exact) mass is 387 g/mol. The number of methoxy groups -OCH3 is 1. The fourth-order valence-corrected chi connectivity index (χ4v) is 4.16. The van der Waals surface area contributed by atoms with Crippen LogP contribution < -0.4 is 9.64 Å². The molecule has 0 unspecified atom stereocenters. The molecule has 2 aliphatic rings. The van der Waals surface area contributed by atoms with Gasteiger partial charge in [-0.25, -0.2) is 4.98 Å². The first-order valence-electron chi connectivity index (χ1n) is 10.3. The maximum atomic E-state index is 12.3. The highest BCUT2D eigenvalue weighted by Gasteiger charge is 2.34. The number of aromatic nitrogens is 1. The van der Waals surface area contributed by atoms with Crippen molar-refractivity contribution in [2.24, 2.45) is 5.92 Å². The van der Waals surface area contributed by atoms with Crippen LogP contribution in [0.4, 0.5) is 5.82 Å². The quantitative estimate of drug-likeness (QED) is 0.680. The Labute approximate surface area is 170 Å². The molecule has 1 aliphatic heterocycles. The van der Waals surface area contributed by atoms with Crippen LogP contribution in [0.15, 0.2) is 54.7 Å². The second kappa shape index (κ2) is 7.39. The van der Waals surface area contributed by atoms with Crippen molar-refractivity contribution in [1.29, 1.82) is 0 Å². The van der Waals surface area contributed by atoms with E-state index < -0.39 is 0 Å². The van der Waals surface area contributed by atoms with E-state index in [9.17, 15) is 4.79 Å². The number of piperazine rings is 1. The lowest BCUT2D eigenvalue weighted by Crippen LogP contribution is -2.49. The first kappa shape index (κ1) is 18.0. The number of amides is 1. The number of rotatable bonds is 4. The Bertz CT molecular complexity index is 1040. The van der Waals surface area contributed by atoms with E-state index in [0.29, 0.717) is 11.8 Å². The minimum atomic E-state index is 0.296. The summed E-state index contributed by atoms with van der Waals surface area (Å²) in [5, 5.41) is 2.35. The van der Waals surface area contributed by atoms with Crippen molar-refractivity contribution >= 4 is 22.5 Å². The second-order valence-corrected chi connectivity index (χ2v) is 7.86. The summed E-state index contributed by atoms with van der Waals surface area (Å²) in [6, 6.07) is 16.6. The molecule has 0 N–H and O–H groups in total. The van der Waals surface area contributed by atoms with Gasteiger partial charge >= 0.3 is 0 Å². The number of hydrogen-bond acceptors (Lipinski definition) is 4. The highest BCUT2D eigenvalue weighted by molar-refractivity contribution is 6.02. The van der Waals surface area contributed by atoms with Crippen LogP contribution in [0, 0.1) is 5.92 Å². The Balaban J connectivity index is 1.44. The van der Waals surface area contributed by atoms with Crippen LogP contribution >= 0.6 is 0 Å². The van der Waals surface area contributed by atoms with E-state index in [1.165, 1.54) is 5.39 Å². The molecule has 5 heteroatoms. The molecule has 2 heterocycles. The fourth-order valence-electron chi connectivity index (χ4n) is 4.16. The van der Waals surface area contributed by atoms with Crippen LogP contribution in [0.1, 0.15) is 12.8 Å². The van der Waals surface area contributed by atoms with Crippen LogP contribution in [-0.2, 0) is 4.79 Å². The zero-order valence-corrected chi connectivity index (χ0v) is 16.7. The number of ether oxygens (including phenoxy) is 1. The SMILES string of the molecule is COc1ccc(-c2cnc(N3CCN(C(=O)C4CC4)CC3)c3ccccc23)cc1. The second-order valence-electron chi connectivity index (χ2n) is 7.86. The van der Waals surface area contributed by atoms with E-state index in [4.69, 9.17) is 9.72 Å². The zero-order valence-electron chi connectivity index (χ0n) is 16.7. The van der Waals surface area contributed by atoms with Gasteiger partial charge in [-0.2, -0.15) is 0 Å². The van der Waals surface area contributed by atoms with Gasteiger partial charge in [0.25, 0.3) is 0 Å². The summed E-state index contributed by atoms with van der Waals surface area (Å²) < 4.78 is 5.28. The van der Waals surface area contributed by atoms with Crippen LogP contribution in [0.2, 0.25) is 0 Å². The predicted molar refractivity (Wildman–Crippen MR) is 115 cm³/mol. The number of nitrogens with zero attached hydrogens (tertiary/aromatic N) is 3. The van der Waals surface area contributed by atoms with Crippen molar-refractivity contribution < 1.29 is 9.53 Å². The van der Waals surface area contributed by atoms with E-state index in [-0.39, 0.29) is 0 Å². The zero-order chi connectivity index (χ0) is 19.8. The Kier molecular flexibility index (Phi) is 4.58. The molecule has 1 saturated carbocycles. The summed E-state index contributed by atoms with van der Waals surface area (Å²) in [5.41, 5.74) is 2.25. The molecule has 1 saturated heterocycles. The van der Waals surface area contributed by atoms with Gasteiger partial charge < -0.3 is 14.5 Å². The first-order chi connectivity index (χ1) is 14.2. The molecule has 0 spiro atoms. The third-order valence-corrected chi connectivity index (χ3v) is 5.99. The minimum Gasteiger partial charge on any atom is -0.497 e. The molecule has 29 heavy (non-hydrogen) atoms. The smallest absolute Gasteiger partial charge is 0.225 e. The van der Waals surface area contributed by atoms with Gasteiger partial charge in [0.1, 0.15) is 11.6 Å². The Morgan fingerprint density at radius 1 is 0.966 bits per heavy atom. The molecule has 3 aromatic rings. The summed E-state index contributed by atoms with van der Waals surface area (Å²) in [5.74, 6) is 2.50. The molecule has 1 aromatic heterocycles. The lowest BCUT2D eigenvalue weighted by atomic mass is 10.00. The Morgan fingerprint density at radius 2 is 1.66 bits per heavy atom. The number of carbonyl (C=O) groups excluding carboxylic acids is 1. The van der Waals surface area contributed by atoms with Gasteiger partial charge in [0.05, 0.1) is 7.11 Å². The predicted octanol–water partition coefficient (Wildman–Crippen LogP) is 3.97. The van der Waals surface area contributed by atoms with Gasteiger partial charge in [0.15, 0.2) is 0 Å².